The second-order valence-corrected chi connectivity index (χ2v) is 7.69. The molecule has 24 heavy (non-hydrogen) atoms. The maximum atomic E-state index is 12.7. The molecule has 1 amide bonds. The van der Waals surface area contributed by atoms with Gasteiger partial charge in [-0.1, -0.05) is 0 Å². The summed E-state index contributed by atoms with van der Waals surface area (Å²) in [5.41, 5.74) is 0.407. The van der Waals surface area contributed by atoms with E-state index in [1.807, 2.05) is 18.9 Å². The van der Waals surface area contributed by atoms with Crippen LogP contribution in [-0.2, 0) is 6.54 Å². The van der Waals surface area contributed by atoms with Crippen molar-refractivity contribution < 1.29 is 4.79 Å². The quantitative estimate of drug-likeness (QED) is 0.848. The zero-order valence-electron chi connectivity index (χ0n) is 15.2. The number of hydrogen-bond donors (Lipinski definition) is 0. The van der Waals surface area contributed by atoms with E-state index in [2.05, 4.69) is 19.0 Å². The predicted octanol–water partition coefficient (Wildman–Crippen LogP) is 2.06. The molecule has 4 atom stereocenters. The minimum atomic E-state index is -0.103. The van der Waals surface area contributed by atoms with Gasteiger partial charge in [0.05, 0.1) is 0 Å². The first-order valence-corrected chi connectivity index (χ1v) is 9.04. The SMILES string of the molecule is CCn1ccc(C(=O)N(C)C2C[C@H]3CC(N(C)C)C[C@H]3C2)cc1=O. The van der Waals surface area contributed by atoms with E-state index in [1.54, 1.807) is 16.8 Å². The van der Waals surface area contributed by atoms with Gasteiger partial charge in [-0.25, -0.2) is 0 Å². The topological polar surface area (TPSA) is 45.6 Å². The Morgan fingerprint density at radius 1 is 1.12 bits per heavy atom. The minimum absolute atomic E-state index is 0.0236. The lowest BCUT2D eigenvalue weighted by atomic mass is 10.0. The summed E-state index contributed by atoms with van der Waals surface area (Å²) >= 11 is 0. The van der Waals surface area contributed by atoms with Gasteiger partial charge in [-0.3, -0.25) is 9.59 Å². The number of amides is 1. The number of hydrogen-bond acceptors (Lipinski definition) is 3. The van der Waals surface area contributed by atoms with Crippen LogP contribution in [0, 0.1) is 11.8 Å². The molecule has 0 saturated heterocycles. The van der Waals surface area contributed by atoms with E-state index in [-0.39, 0.29) is 11.5 Å². The Balaban J connectivity index is 1.66. The zero-order chi connectivity index (χ0) is 17.4. The van der Waals surface area contributed by atoms with Crippen LogP contribution in [0.2, 0.25) is 0 Å². The Morgan fingerprint density at radius 3 is 2.21 bits per heavy atom. The summed E-state index contributed by atoms with van der Waals surface area (Å²) in [7, 11) is 6.22. The van der Waals surface area contributed by atoms with E-state index < -0.39 is 0 Å². The summed E-state index contributed by atoms with van der Waals surface area (Å²) in [5, 5.41) is 0. The highest BCUT2D eigenvalue weighted by molar-refractivity contribution is 5.94. The van der Waals surface area contributed by atoms with Crippen LogP contribution in [0.5, 0.6) is 0 Å². The molecule has 2 aliphatic carbocycles. The Morgan fingerprint density at radius 2 is 1.71 bits per heavy atom. The molecule has 5 heteroatoms. The molecule has 1 aromatic heterocycles. The first-order chi connectivity index (χ1) is 11.4. The monoisotopic (exact) mass is 331 g/mol. The summed E-state index contributed by atoms with van der Waals surface area (Å²) in [6.07, 6.45) is 6.42. The lowest BCUT2D eigenvalue weighted by Gasteiger charge is -2.27. The van der Waals surface area contributed by atoms with Gasteiger partial charge in [0.1, 0.15) is 0 Å². The fourth-order valence-corrected chi connectivity index (χ4v) is 4.56. The van der Waals surface area contributed by atoms with Gasteiger partial charge < -0.3 is 14.4 Å². The van der Waals surface area contributed by atoms with Crippen molar-refractivity contribution in [1.29, 1.82) is 0 Å². The van der Waals surface area contributed by atoms with Gasteiger partial charge >= 0.3 is 0 Å². The zero-order valence-corrected chi connectivity index (χ0v) is 15.2. The number of aromatic nitrogens is 1. The van der Waals surface area contributed by atoms with Gasteiger partial charge in [-0.2, -0.15) is 0 Å². The summed E-state index contributed by atoms with van der Waals surface area (Å²) in [5.74, 6) is 1.46. The Labute approximate surface area is 144 Å². The minimum Gasteiger partial charge on any atom is -0.339 e. The molecule has 3 rings (SSSR count). The third-order valence-corrected chi connectivity index (χ3v) is 6.15. The molecule has 132 valence electrons. The maximum absolute atomic E-state index is 12.7. The summed E-state index contributed by atoms with van der Waals surface area (Å²) < 4.78 is 1.61. The largest absolute Gasteiger partial charge is 0.339 e. The van der Waals surface area contributed by atoms with E-state index in [0.717, 1.165) is 24.7 Å². The van der Waals surface area contributed by atoms with E-state index in [9.17, 15) is 9.59 Å². The molecule has 0 radical (unpaired) electrons. The molecular weight excluding hydrogens is 302 g/mol. The van der Waals surface area contributed by atoms with Gasteiger partial charge in [-0.15, -0.1) is 0 Å². The van der Waals surface area contributed by atoms with Crippen LogP contribution in [0.15, 0.2) is 23.1 Å². The van der Waals surface area contributed by atoms with Crippen molar-refractivity contribution in [3.05, 3.63) is 34.2 Å². The number of pyridine rings is 1. The number of nitrogens with zero attached hydrogens (tertiary/aromatic N) is 3. The average Bonchev–Trinajstić information content (AvgIpc) is 3.12. The van der Waals surface area contributed by atoms with Gasteiger partial charge in [0.15, 0.2) is 0 Å². The Hall–Kier alpha value is -1.62. The summed E-state index contributed by atoms with van der Waals surface area (Å²) in [4.78, 5) is 28.9. The third-order valence-electron chi connectivity index (χ3n) is 6.15. The number of carbonyl (C=O) groups excluding carboxylic acids is 1. The standard InChI is InChI=1S/C19H29N3O2/c1-5-22-7-6-13(12-18(22)23)19(24)21(4)17-10-14-8-16(20(2)3)9-15(14)11-17/h6-7,12,14-17H,5,8-11H2,1-4H3/t14-,15+,16?,17?. The molecular formula is C19H29N3O2. The van der Waals surface area contributed by atoms with Crippen molar-refractivity contribution in [3.63, 3.8) is 0 Å². The second-order valence-electron chi connectivity index (χ2n) is 7.69. The van der Waals surface area contributed by atoms with Gasteiger partial charge in [0.25, 0.3) is 11.5 Å². The van der Waals surface area contributed by atoms with Crippen molar-refractivity contribution in [3.8, 4) is 0 Å². The van der Waals surface area contributed by atoms with Crippen molar-refractivity contribution in [2.24, 2.45) is 11.8 Å². The van der Waals surface area contributed by atoms with E-state index >= 15 is 0 Å². The molecule has 1 heterocycles. The maximum Gasteiger partial charge on any atom is 0.254 e. The Bertz CT molecular complexity index is 653. The van der Waals surface area contributed by atoms with Gasteiger partial charge in [0, 0.05) is 43.5 Å². The van der Waals surface area contributed by atoms with Crippen LogP contribution in [0.25, 0.3) is 0 Å². The highest BCUT2D eigenvalue weighted by Gasteiger charge is 2.44. The molecule has 1 aromatic rings. The molecule has 0 aromatic carbocycles. The normalized spacial score (nSPS) is 29.0. The van der Waals surface area contributed by atoms with Gasteiger partial charge in [0.2, 0.25) is 0 Å². The fourth-order valence-electron chi connectivity index (χ4n) is 4.56. The molecule has 2 unspecified atom stereocenters. The molecule has 0 aliphatic heterocycles. The van der Waals surface area contributed by atoms with Crippen LogP contribution in [-0.4, -0.2) is 53.5 Å². The number of aryl methyl sites for hydroxylation is 1. The van der Waals surface area contributed by atoms with Crippen molar-refractivity contribution in [2.75, 3.05) is 21.1 Å². The van der Waals surface area contributed by atoms with Crippen LogP contribution < -0.4 is 5.56 Å². The molecule has 0 N–H and O–H groups in total. The average molecular weight is 331 g/mol. The van der Waals surface area contributed by atoms with Crippen LogP contribution >= 0.6 is 0 Å². The van der Waals surface area contributed by atoms with E-state index in [1.165, 1.54) is 18.9 Å². The first kappa shape index (κ1) is 17.2. The first-order valence-electron chi connectivity index (χ1n) is 9.04. The molecule has 2 aliphatic rings. The third kappa shape index (κ3) is 3.14. The highest BCUT2D eigenvalue weighted by atomic mass is 16.2. The lowest BCUT2D eigenvalue weighted by Crippen LogP contribution is -2.37. The Kier molecular flexibility index (Phi) is 4.81. The number of fused-ring (bicyclic) bond motifs is 1. The molecule has 2 saturated carbocycles. The van der Waals surface area contributed by atoms with E-state index in [0.29, 0.717) is 24.2 Å². The van der Waals surface area contributed by atoms with E-state index in [4.69, 9.17) is 0 Å². The molecule has 2 fully saturated rings. The van der Waals surface area contributed by atoms with Gasteiger partial charge in [-0.05, 0) is 64.6 Å². The lowest BCUT2D eigenvalue weighted by molar-refractivity contribution is 0.0726. The fraction of sp³-hybridized carbons (Fsp3) is 0.684. The van der Waals surface area contributed by atoms with Crippen LogP contribution in [0.4, 0.5) is 0 Å². The van der Waals surface area contributed by atoms with Crippen LogP contribution in [0.1, 0.15) is 43.0 Å². The predicted molar refractivity (Wildman–Crippen MR) is 95.2 cm³/mol. The van der Waals surface area contributed by atoms with Crippen molar-refractivity contribution >= 4 is 5.91 Å². The highest BCUT2D eigenvalue weighted by Crippen LogP contribution is 2.46. The molecule has 0 bridgehead atoms. The van der Waals surface area contributed by atoms with Crippen molar-refractivity contribution in [2.45, 2.75) is 51.2 Å². The van der Waals surface area contributed by atoms with Crippen molar-refractivity contribution in [1.82, 2.24) is 14.4 Å². The number of rotatable bonds is 4. The number of carbonyl (C=O) groups is 1. The second kappa shape index (κ2) is 6.71. The smallest absolute Gasteiger partial charge is 0.254 e. The molecule has 0 spiro atoms. The molecule has 5 nitrogen and oxygen atoms in total. The summed E-state index contributed by atoms with van der Waals surface area (Å²) in [6.45, 7) is 2.55. The van der Waals surface area contributed by atoms with Crippen LogP contribution in [0.3, 0.4) is 0 Å². The summed E-state index contributed by atoms with van der Waals surface area (Å²) in [6, 6.07) is 4.25.